The van der Waals surface area contributed by atoms with Crippen molar-refractivity contribution in [2.45, 2.75) is 13.0 Å². The summed E-state index contributed by atoms with van der Waals surface area (Å²) >= 11 is 5.83. The zero-order valence-corrected chi connectivity index (χ0v) is 13.9. The smallest absolute Gasteiger partial charge is 0.255 e. The summed E-state index contributed by atoms with van der Waals surface area (Å²) in [6.45, 7) is 2.41. The molecule has 5 heteroatoms. The maximum atomic E-state index is 12.2. The Kier molecular flexibility index (Phi) is 7.07. The lowest BCUT2D eigenvalue weighted by atomic mass is 10.1. The number of benzene rings is 2. The van der Waals surface area contributed by atoms with Crippen LogP contribution in [0.15, 0.2) is 48.5 Å². The molecular formula is C18H21ClN2O2. The van der Waals surface area contributed by atoms with Gasteiger partial charge in [0, 0.05) is 36.5 Å². The fraction of sp³-hybridized carbons (Fsp3) is 0.278. The van der Waals surface area contributed by atoms with Crippen LogP contribution in [0.5, 0.6) is 0 Å². The van der Waals surface area contributed by atoms with Gasteiger partial charge in [0.2, 0.25) is 0 Å². The Hall–Kier alpha value is -1.88. The molecule has 0 unspecified atom stereocenters. The maximum absolute atomic E-state index is 12.2. The van der Waals surface area contributed by atoms with Crippen molar-refractivity contribution < 1.29 is 9.53 Å². The molecule has 1 amide bonds. The Bertz CT molecular complexity index is 629. The molecule has 0 saturated heterocycles. The van der Waals surface area contributed by atoms with Gasteiger partial charge in [-0.2, -0.15) is 0 Å². The third-order valence-electron chi connectivity index (χ3n) is 3.32. The van der Waals surface area contributed by atoms with Crippen molar-refractivity contribution in [3.05, 3.63) is 64.7 Å². The van der Waals surface area contributed by atoms with Gasteiger partial charge in [0.1, 0.15) is 0 Å². The van der Waals surface area contributed by atoms with Crippen LogP contribution < -0.4 is 10.6 Å². The van der Waals surface area contributed by atoms with E-state index in [4.69, 9.17) is 16.3 Å². The molecule has 0 aromatic heterocycles. The van der Waals surface area contributed by atoms with Gasteiger partial charge < -0.3 is 15.4 Å². The van der Waals surface area contributed by atoms with Gasteiger partial charge in [-0.25, -0.2) is 0 Å². The topological polar surface area (TPSA) is 50.4 Å². The molecule has 0 spiro atoms. The second kappa shape index (κ2) is 9.30. The molecule has 4 nitrogen and oxygen atoms in total. The van der Waals surface area contributed by atoms with Gasteiger partial charge in [-0.1, -0.05) is 23.7 Å². The van der Waals surface area contributed by atoms with E-state index in [0.29, 0.717) is 10.6 Å². The third-order valence-corrected chi connectivity index (χ3v) is 3.57. The van der Waals surface area contributed by atoms with Crippen LogP contribution in [-0.4, -0.2) is 26.2 Å². The number of methoxy groups -OCH3 is 1. The standard InChI is InChI=1S/C18H21ClN2O2/c1-23-11-3-10-20-13-14-4-2-5-17(12-14)21-18(22)15-6-8-16(19)9-7-15/h2,4-9,12,20H,3,10-11,13H2,1H3,(H,21,22). The van der Waals surface area contributed by atoms with Crippen LogP contribution in [-0.2, 0) is 11.3 Å². The molecule has 0 fully saturated rings. The van der Waals surface area contributed by atoms with Gasteiger partial charge in [-0.15, -0.1) is 0 Å². The molecule has 0 atom stereocenters. The molecule has 0 radical (unpaired) electrons. The molecular weight excluding hydrogens is 312 g/mol. The van der Waals surface area contributed by atoms with E-state index in [0.717, 1.165) is 37.4 Å². The molecule has 0 aliphatic heterocycles. The minimum Gasteiger partial charge on any atom is -0.385 e. The summed E-state index contributed by atoms with van der Waals surface area (Å²) in [5, 5.41) is 6.86. The number of carbonyl (C=O) groups is 1. The fourth-order valence-corrected chi connectivity index (χ4v) is 2.26. The second-order valence-electron chi connectivity index (χ2n) is 5.18. The van der Waals surface area contributed by atoms with E-state index in [-0.39, 0.29) is 5.91 Å². The number of amides is 1. The quantitative estimate of drug-likeness (QED) is 0.724. The first-order chi connectivity index (χ1) is 11.2. The van der Waals surface area contributed by atoms with Crippen molar-refractivity contribution in [2.75, 3.05) is 25.6 Å². The van der Waals surface area contributed by atoms with Crippen LogP contribution in [0.1, 0.15) is 22.3 Å². The summed E-state index contributed by atoms with van der Waals surface area (Å²) in [6, 6.07) is 14.6. The highest BCUT2D eigenvalue weighted by molar-refractivity contribution is 6.30. The van der Waals surface area contributed by atoms with Gasteiger partial charge in [0.05, 0.1) is 0 Å². The Morgan fingerprint density at radius 1 is 1.17 bits per heavy atom. The normalized spacial score (nSPS) is 10.5. The molecule has 2 N–H and O–H groups in total. The first kappa shape index (κ1) is 17.5. The molecule has 2 aromatic rings. The molecule has 122 valence electrons. The van der Waals surface area contributed by atoms with Gasteiger partial charge >= 0.3 is 0 Å². The Morgan fingerprint density at radius 2 is 1.96 bits per heavy atom. The van der Waals surface area contributed by atoms with E-state index in [1.807, 2.05) is 24.3 Å². The van der Waals surface area contributed by atoms with Crippen molar-refractivity contribution in [2.24, 2.45) is 0 Å². The van der Waals surface area contributed by atoms with E-state index >= 15 is 0 Å². The summed E-state index contributed by atoms with van der Waals surface area (Å²) in [5.74, 6) is -0.146. The number of rotatable bonds is 8. The average Bonchev–Trinajstić information content (AvgIpc) is 2.55. The molecule has 0 heterocycles. The fourth-order valence-electron chi connectivity index (χ4n) is 2.14. The number of nitrogens with one attached hydrogen (secondary N) is 2. The molecule has 0 aliphatic rings. The van der Waals surface area contributed by atoms with Crippen LogP contribution in [0.2, 0.25) is 5.02 Å². The number of halogens is 1. The molecule has 0 aliphatic carbocycles. The van der Waals surface area contributed by atoms with Crippen molar-refractivity contribution in [1.29, 1.82) is 0 Å². The average molecular weight is 333 g/mol. The zero-order valence-electron chi connectivity index (χ0n) is 13.1. The summed E-state index contributed by atoms with van der Waals surface area (Å²) in [4.78, 5) is 12.2. The predicted molar refractivity (Wildman–Crippen MR) is 94.0 cm³/mol. The van der Waals surface area contributed by atoms with E-state index < -0.39 is 0 Å². The van der Waals surface area contributed by atoms with Crippen LogP contribution in [0.25, 0.3) is 0 Å². The van der Waals surface area contributed by atoms with Crippen molar-refractivity contribution in [3.8, 4) is 0 Å². The van der Waals surface area contributed by atoms with Crippen LogP contribution >= 0.6 is 11.6 Å². The Labute approximate surface area is 141 Å². The van der Waals surface area contributed by atoms with Crippen molar-refractivity contribution in [3.63, 3.8) is 0 Å². The van der Waals surface area contributed by atoms with Gasteiger partial charge in [0.15, 0.2) is 0 Å². The van der Waals surface area contributed by atoms with Crippen molar-refractivity contribution >= 4 is 23.2 Å². The maximum Gasteiger partial charge on any atom is 0.255 e. The van der Waals surface area contributed by atoms with Crippen LogP contribution in [0.3, 0.4) is 0 Å². The Balaban J connectivity index is 1.89. The second-order valence-corrected chi connectivity index (χ2v) is 5.62. The largest absolute Gasteiger partial charge is 0.385 e. The Morgan fingerprint density at radius 3 is 2.70 bits per heavy atom. The lowest BCUT2D eigenvalue weighted by Gasteiger charge is -2.09. The third kappa shape index (κ3) is 6.02. The van der Waals surface area contributed by atoms with Gasteiger partial charge in [0.25, 0.3) is 5.91 Å². The predicted octanol–water partition coefficient (Wildman–Crippen LogP) is 3.72. The van der Waals surface area contributed by atoms with E-state index in [1.54, 1.807) is 31.4 Å². The molecule has 0 bridgehead atoms. The highest BCUT2D eigenvalue weighted by Crippen LogP contribution is 2.14. The first-order valence-electron chi connectivity index (χ1n) is 7.54. The lowest BCUT2D eigenvalue weighted by Crippen LogP contribution is -2.16. The first-order valence-corrected chi connectivity index (χ1v) is 7.92. The number of carbonyl (C=O) groups excluding carboxylic acids is 1. The van der Waals surface area contributed by atoms with Gasteiger partial charge in [-0.3, -0.25) is 4.79 Å². The number of hydrogen-bond donors (Lipinski definition) is 2. The van der Waals surface area contributed by atoms with Gasteiger partial charge in [-0.05, 0) is 54.9 Å². The van der Waals surface area contributed by atoms with Crippen molar-refractivity contribution in [1.82, 2.24) is 5.32 Å². The van der Waals surface area contributed by atoms with E-state index in [1.165, 1.54) is 0 Å². The van der Waals surface area contributed by atoms with Crippen LogP contribution in [0.4, 0.5) is 5.69 Å². The monoisotopic (exact) mass is 332 g/mol. The SMILES string of the molecule is COCCCNCc1cccc(NC(=O)c2ccc(Cl)cc2)c1. The van der Waals surface area contributed by atoms with Crippen LogP contribution in [0, 0.1) is 0 Å². The summed E-state index contributed by atoms with van der Waals surface area (Å²) in [7, 11) is 1.70. The molecule has 2 rings (SSSR count). The van der Waals surface area contributed by atoms with E-state index in [2.05, 4.69) is 10.6 Å². The summed E-state index contributed by atoms with van der Waals surface area (Å²) < 4.78 is 5.01. The zero-order chi connectivity index (χ0) is 16.5. The summed E-state index contributed by atoms with van der Waals surface area (Å²) in [6.07, 6.45) is 0.976. The number of hydrogen-bond acceptors (Lipinski definition) is 3. The highest BCUT2D eigenvalue weighted by Gasteiger charge is 2.06. The van der Waals surface area contributed by atoms with E-state index in [9.17, 15) is 4.79 Å². The molecule has 0 saturated carbocycles. The number of anilines is 1. The minimum absolute atomic E-state index is 0.146. The lowest BCUT2D eigenvalue weighted by molar-refractivity contribution is 0.102. The molecule has 23 heavy (non-hydrogen) atoms. The highest BCUT2D eigenvalue weighted by atomic mass is 35.5. The number of ether oxygens (including phenoxy) is 1. The summed E-state index contributed by atoms with van der Waals surface area (Å²) in [5.41, 5.74) is 2.48. The minimum atomic E-state index is -0.146. The molecule has 2 aromatic carbocycles.